The molecule has 0 bridgehead atoms. The molecule has 0 aliphatic carbocycles. The number of nitro benzene ring substituents is 1. The van der Waals surface area contributed by atoms with E-state index in [-0.39, 0.29) is 42.1 Å². The minimum Gasteiger partial charge on any atom is -0.486 e. The Morgan fingerprint density at radius 2 is 1.62 bits per heavy atom. The van der Waals surface area contributed by atoms with Crippen molar-refractivity contribution >= 4 is 23.3 Å². The van der Waals surface area contributed by atoms with Gasteiger partial charge in [0.15, 0.2) is 18.1 Å². The van der Waals surface area contributed by atoms with Gasteiger partial charge in [-0.05, 0) is 23.0 Å². The molecule has 3 rings (SSSR count). The molecule has 1 N–H and O–H groups in total. The van der Waals surface area contributed by atoms with Crippen LogP contribution in [0.2, 0.25) is 0 Å². The zero-order valence-corrected chi connectivity index (χ0v) is 18.5. The number of benzene rings is 2. The molecule has 0 saturated carbocycles. The molecule has 0 spiro atoms. The van der Waals surface area contributed by atoms with Gasteiger partial charge >= 0.3 is 5.97 Å². The van der Waals surface area contributed by atoms with Crippen molar-refractivity contribution in [3.05, 3.63) is 57.1 Å². The van der Waals surface area contributed by atoms with Crippen LogP contribution in [0.4, 0.5) is 11.4 Å². The second kappa shape index (κ2) is 9.67. The molecular weight excluding hydrogens is 416 g/mol. The standard InChI is InChI=1S/C23H26N2O7/c1-13(2)15-6-5-7-16(14(3)4)22(15)24-21(26)12-32-23(27)17-10-19-20(31-9-8-30-19)11-18(17)25(28)29/h5-7,10-11,13-14H,8-9,12H2,1-4H3,(H,24,26). The van der Waals surface area contributed by atoms with Gasteiger partial charge in [0.05, 0.1) is 11.0 Å². The third kappa shape index (κ3) is 4.99. The summed E-state index contributed by atoms with van der Waals surface area (Å²) in [5.74, 6) is -0.785. The third-order valence-electron chi connectivity index (χ3n) is 5.05. The number of anilines is 1. The van der Waals surface area contributed by atoms with Gasteiger partial charge in [0, 0.05) is 11.8 Å². The van der Waals surface area contributed by atoms with Gasteiger partial charge in [0.25, 0.3) is 11.6 Å². The fraction of sp³-hybridized carbons (Fsp3) is 0.391. The predicted octanol–water partition coefficient (Wildman–Crippen LogP) is 4.41. The highest BCUT2D eigenvalue weighted by atomic mass is 16.6. The molecule has 2 aromatic carbocycles. The van der Waals surface area contributed by atoms with E-state index in [1.54, 1.807) is 0 Å². The third-order valence-corrected chi connectivity index (χ3v) is 5.05. The molecule has 0 unspecified atom stereocenters. The van der Waals surface area contributed by atoms with Crippen LogP contribution in [0.15, 0.2) is 30.3 Å². The predicted molar refractivity (Wildman–Crippen MR) is 118 cm³/mol. The fourth-order valence-corrected chi connectivity index (χ4v) is 3.47. The molecule has 0 aromatic heterocycles. The van der Waals surface area contributed by atoms with E-state index in [0.29, 0.717) is 5.69 Å². The quantitative estimate of drug-likeness (QED) is 0.383. The van der Waals surface area contributed by atoms with Crippen molar-refractivity contribution in [3.8, 4) is 11.5 Å². The van der Waals surface area contributed by atoms with E-state index in [4.69, 9.17) is 14.2 Å². The maximum Gasteiger partial charge on any atom is 0.345 e. The van der Waals surface area contributed by atoms with Crippen LogP contribution >= 0.6 is 0 Å². The highest BCUT2D eigenvalue weighted by molar-refractivity contribution is 5.98. The van der Waals surface area contributed by atoms with Gasteiger partial charge in [-0.2, -0.15) is 0 Å². The average Bonchev–Trinajstić information content (AvgIpc) is 2.76. The van der Waals surface area contributed by atoms with Gasteiger partial charge in [-0.25, -0.2) is 4.79 Å². The highest BCUT2D eigenvalue weighted by Crippen LogP contribution is 2.37. The van der Waals surface area contributed by atoms with E-state index in [1.165, 1.54) is 6.07 Å². The number of nitro groups is 1. The molecule has 2 aromatic rings. The smallest absolute Gasteiger partial charge is 0.345 e. The molecular formula is C23H26N2O7. The number of rotatable bonds is 7. The van der Waals surface area contributed by atoms with Crippen LogP contribution in [0.25, 0.3) is 0 Å². The number of hydrogen-bond donors (Lipinski definition) is 1. The molecule has 1 aliphatic heterocycles. The Balaban J connectivity index is 1.77. The van der Waals surface area contributed by atoms with Crippen molar-refractivity contribution in [2.45, 2.75) is 39.5 Å². The summed E-state index contributed by atoms with van der Waals surface area (Å²) in [5.41, 5.74) is 1.85. The van der Waals surface area contributed by atoms with Crippen LogP contribution in [0, 0.1) is 10.1 Å². The number of nitrogens with zero attached hydrogens (tertiary/aromatic N) is 1. The van der Waals surface area contributed by atoms with Crippen LogP contribution in [0.5, 0.6) is 11.5 Å². The SMILES string of the molecule is CC(C)c1cccc(C(C)C)c1NC(=O)COC(=O)c1cc2c(cc1[N+](=O)[O-])OCCO2. The lowest BCUT2D eigenvalue weighted by Crippen LogP contribution is -2.23. The molecule has 0 saturated heterocycles. The summed E-state index contributed by atoms with van der Waals surface area (Å²) in [6.45, 7) is 8.02. The van der Waals surface area contributed by atoms with Gasteiger partial charge in [0.2, 0.25) is 0 Å². The Bertz CT molecular complexity index is 1020. The summed E-state index contributed by atoms with van der Waals surface area (Å²) in [5, 5.41) is 14.3. The van der Waals surface area contributed by atoms with Crippen molar-refractivity contribution in [2.75, 3.05) is 25.1 Å². The lowest BCUT2D eigenvalue weighted by atomic mass is 9.92. The van der Waals surface area contributed by atoms with Gasteiger partial charge < -0.3 is 19.5 Å². The number of carbonyl (C=O) groups is 2. The summed E-state index contributed by atoms with van der Waals surface area (Å²) in [6, 6.07) is 8.16. The lowest BCUT2D eigenvalue weighted by Gasteiger charge is -2.20. The van der Waals surface area contributed by atoms with E-state index in [9.17, 15) is 19.7 Å². The Labute approximate surface area is 185 Å². The normalized spacial score (nSPS) is 12.6. The van der Waals surface area contributed by atoms with Crippen molar-refractivity contribution in [1.82, 2.24) is 0 Å². The Kier molecular flexibility index (Phi) is 6.97. The van der Waals surface area contributed by atoms with E-state index < -0.39 is 29.1 Å². The summed E-state index contributed by atoms with van der Waals surface area (Å²) in [7, 11) is 0. The lowest BCUT2D eigenvalue weighted by molar-refractivity contribution is -0.385. The summed E-state index contributed by atoms with van der Waals surface area (Å²) >= 11 is 0. The average molecular weight is 442 g/mol. The summed E-state index contributed by atoms with van der Waals surface area (Å²) in [6.07, 6.45) is 0. The molecule has 1 heterocycles. The summed E-state index contributed by atoms with van der Waals surface area (Å²) < 4.78 is 15.8. The minimum atomic E-state index is -0.995. The number of esters is 1. The monoisotopic (exact) mass is 442 g/mol. The summed E-state index contributed by atoms with van der Waals surface area (Å²) in [4.78, 5) is 35.9. The van der Waals surface area contributed by atoms with Crippen LogP contribution in [0.1, 0.15) is 61.0 Å². The number of nitrogens with one attached hydrogen (secondary N) is 1. The zero-order valence-electron chi connectivity index (χ0n) is 18.5. The Hall–Kier alpha value is -3.62. The van der Waals surface area contributed by atoms with Gasteiger partial charge in [-0.15, -0.1) is 0 Å². The molecule has 1 amide bonds. The first-order valence-electron chi connectivity index (χ1n) is 10.4. The molecule has 9 heteroatoms. The molecule has 1 aliphatic rings. The second-order valence-electron chi connectivity index (χ2n) is 8.02. The van der Waals surface area contributed by atoms with Crippen LogP contribution in [0.3, 0.4) is 0 Å². The molecule has 32 heavy (non-hydrogen) atoms. The number of amides is 1. The Morgan fingerprint density at radius 1 is 1.06 bits per heavy atom. The number of carbonyl (C=O) groups excluding carboxylic acids is 2. The first-order valence-corrected chi connectivity index (χ1v) is 10.4. The topological polar surface area (TPSA) is 117 Å². The number of para-hydroxylation sites is 1. The highest BCUT2D eigenvalue weighted by Gasteiger charge is 2.28. The van der Waals surface area contributed by atoms with Crippen LogP contribution in [-0.4, -0.2) is 36.6 Å². The fourth-order valence-electron chi connectivity index (χ4n) is 3.47. The number of fused-ring (bicyclic) bond motifs is 1. The molecule has 170 valence electrons. The zero-order chi connectivity index (χ0) is 23.4. The largest absolute Gasteiger partial charge is 0.486 e. The first kappa shape index (κ1) is 23.1. The van der Waals surface area contributed by atoms with Crippen molar-refractivity contribution in [3.63, 3.8) is 0 Å². The van der Waals surface area contributed by atoms with Crippen molar-refractivity contribution in [2.24, 2.45) is 0 Å². The van der Waals surface area contributed by atoms with Crippen molar-refractivity contribution in [1.29, 1.82) is 0 Å². The molecule has 0 fully saturated rings. The Morgan fingerprint density at radius 3 is 2.16 bits per heavy atom. The second-order valence-corrected chi connectivity index (χ2v) is 8.02. The number of ether oxygens (including phenoxy) is 3. The molecule has 0 radical (unpaired) electrons. The van der Waals surface area contributed by atoms with Crippen molar-refractivity contribution < 1.29 is 28.7 Å². The maximum atomic E-state index is 12.6. The molecule has 9 nitrogen and oxygen atoms in total. The minimum absolute atomic E-state index is 0.173. The van der Waals surface area contributed by atoms with Crippen LogP contribution in [-0.2, 0) is 9.53 Å². The van der Waals surface area contributed by atoms with Gasteiger partial charge in [-0.1, -0.05) is 45.9 Å². The van der Waals surface area contributed by atoms with E-state index in [1.807, 2.05) is 45.9 Å². The van der Waals surface area contributed by atoms with Gasteiger partial charge in [-0.3, -0.25) is 14.9 Å². The van der Waals surface area contributed by atoms with Crippen LogP contribution < -0.4 is 14.8 Å². The van der Waals surface area contributed by atoms with E-state index in [0.717, 1.165) is 17.2 Å². The number of hydrogen-bond acceptors (Lipinski definition) is 7. The van der Waals surface area contributed by atoms with Gasteiger partial charge in [0.1, 0.15) is 18.8 Å². The van der Waals surface area contributed by atoms with E-state index in [2.05, 4.69) is 5.32 Å². The molecule has 0 atom stereocenters. The first-order chi connectivity index (χ1) is 15.2. The maximum absolute atomic E-state index is 12.6. The van der Waals surface area contributed by atoms with E-state index >= 15 is 0 Å².